The molecule has 1 saturated heterocycles. The molecule has 1 radical (unpaired) electrons. The first-order valence-corrected chi connectivity index (χ1v) is 6.42. The van der Waals surface area contributed by atoms with Crippen molar-refractivity contribution in [1.29, 1.82) is 0 Å². The van der Waals surface area contributed by atoms with Gasteiger partial charge in [0.15, 0.2) is 0 Å². The minimum absolute atomic E-state index is 0.0508. The zero-order valence-electron chi connectivity index (χ0n) is 11.5. The number of rotatable bonds is 4. The van der Waals surface area contributed by atoms with Crippen molar-refractivity contribution in [3.63, 3.8) is 0 Å². The van der Waals surface area contributed by atoms with Crippen molar-refractivity contribution in [3.05, 3.63) is 0 Å². The van der Waals surface area contributed by atoms with E-state index in [1.165, 1.54) is 5.06 Å². The van der Waals surface area contributed by atoms with Gasteiger partial charge in [-0.1, -0.05) is 20.8 Å². The lowest BCUT2D eigenvalue weighted by Crippen LogP contribution is -2.66. The quantitative estimate of drug-likeness (QED) is 0.712. The fourth-order valence-electron chi connectivity index (χ4n) is 2.89. The van der Waals surface area contributed by atoms with Gasteiger partial charge in [-0.3, -0.25) is 4.79 Å². The van der Waals surface area contributed by atoms with E-state index in [1.54, 1.807) is 0 Å². The van der Waals surface area contributed by atoms with E-state index in [4.69, 9.17) is 4.74 Å². The van der Waals surface area contributed by atoms with Crippen molar-refractivity contribution in [2.75, 3.05) is 0 Å². The molecule has 0 amide bonds. The number of piperidine rings is 1. The predicted molar refractivity (Wildman–Crippen MR) is 64.6 cm³/mol. The molecule has 17 heavy (non-hydrogen) atoms. The van der Waals surface area contributed by atoms with Crippen LogP contribution in [0.3, 0.4) is 0 Å². The van der Waals surface area contributed by atoms with Crippen LogP contribution >= 0.6 is 0 Å². The summed E-state index contributed by atoms with van der Waals surface area (Å²) in [6, 6.07) is 0. The van der Waals surface area contributed by atoms with Crippen molar-refractivity contribution in [1.82, 2.24) is 5.06 Å². The summed E-state index contributed by atoms with van der Waals surface area (Å²) >= 11 is 0. The van der Waals surface area contributed by atoms with Gasteiger partial charge in [0.1, 0.15) is 6.10 Å². The first kappa shape index (κ1) is 14.5. The van der Waals surface area contributed by atoms with Crippen LogP contribution in [-0.4, -0.2) is 28.7 Å². The summed E-state index contributed by atoms with van der Waals surface area (Å²) in [6.45, 7) is 10.5. The predicted octanol–water partition coefficient (Wildman–Crippen LogP) is 2.55. The van der Waals surface area contributed by atoms with Crippen LogP contribution in [0.15, 0.2) is 0 Å². The first-order chi connectivity index (χ1) is 7.85. The topological polar surface area (TPSA) is 49.4 Å². The molecule has 4 atom stereocenters. The Balaban J connectivity index is 3.08. The summed E-state index contributed by atoms with van der Waals surface area (Å²) in [4.78, 5) is 10.6. The Morgan fingerprint density at radius 3 is 2.35 bits per heavy atom. The maximum absolute atomic E-state index is 12.6. The molecular weight excluding hydrogens is 218 g/mol. The molecule has 0 spiro atoms. The van der Waals surface area contributed by atoms with Crippen molar-refractivity contribution in [2.45, 2.75) is 71.1 Å². The maximum atomic E-state index is 12.6. The lowest BCUT2D eigenvalue weighted by Gasteiger charge is -2.55. The highest BCUT2D eigenvalue weighted by Crippen LogP contribution is 2.45. The highest BCUT2D eigenvalue weighted by molar-refractivity contribution is 5.37. The fraction of sp³-hybridized carbons (Fsp3) is 0.923. The lowest BCUT2D eigenvalue weighted by atomic mass is 9.69. The molecule has 1 heterocycles. The van der Waals surface area contributed by atoms with Crippen molar-refractivity contribution < 1.29 is 14.7 Å². The number of hydroxylamine groups is 2. The Morgan fingerprint density at radius 2 is 1.94 bits per heavy atom. The highest BCUT2D eigenvalue weighted by Gasteiger charge is 2.54. The Morgan fingerprint density at radius 1 is 1.35 bits per heavy atom. The average Bonchev–Trinajstić information content (AvgIpc) is 2.33. The largest absolute Gasteiger partial charge is 0.464 e. The summed E-state index contributed by atoms with van der Waals surface area (Å²) in [5.74, 6) is 0.0508. The van der Waals surface area contributed by atoms with Crippen molar-refractivity contribution in [2.24, 2.45) is 5.92 Å². The minimum atomic E-state index is -0.462. The molecule has 0 bridgehead atoms. The van der Waals surface area contributed by atoms with Crippen LogP contribution in [0.2, 0.25) is 0 Å². The third-order valence-corrected chi connectivity index (χ3v) is 4.84. The number of hydrogen-bond acceptors (Lipinski definition) is 3. The van der Waals surface area contributed by atoms with E-state index in [9.17, 15) is 10.0 Å². The Labute approximate surface area is 104 Å². The third kappa shape index (κ3) is 2.20. The number of carbonyl (C=O) groups excluding carboxylic acids is 1. The zero-order chi connectivity index (χ0) is 13.3. The minimum Gasteiger partial charge on any atom is -0.464 e. The Kier molecular flexibility index (Phi) is 4.20. The Hall–Kier alpha value is -0.610. The van der Waals surface area contributed by atoms with E-state index in [1.807, 2.05) is 34.6 Å². The second-order valence-corrected chi connectivity index (χ2v) is 5.62. The SMILES string of the molecule is CCC1(C)CC(OC=O)C(C)C(C)(CC)N1[O]. The van der Waals surface area contributed by atoms with E-state index in [-0.39, 0.29) is 12.0 Å². The monoisotopic (exact) mass is 242 g/mol. The molecule has 4 nitrogen and oxygen atoms in total. The highest BCUT2D eigenvalue weighted by atomic mass is 16.5. The molecule has 0 N–H and O–H groups in total. The van der Waals surface area contributed by atoms with Gasteiger partial charge >= 0.3 is 0 Å². The zero-order valence-corrected chi connectivity index (χ0v) is 11.5. The van der Waals surface area contributed by atoms with Crippen LogP contribution < -0.4 is 0 Å². The lowest BCUT2D eigenvalue weighted by molar-refractivity contribution is -0.324. The van der Waals surface area contributed by atoms with Gasteiger partial charge in [0.2, 0.25) is 0 Å². The smallest absolute Gasteiger partial charge is 0.293 e. The van der Waals surface area contributed by atoms with Gasteiger partial charge in [0, 0.05) is 12.3 Å². The van der Waals surface area contributed by atoms with Crippen LogP contribution in [0.4, 0.5) is 0 Å². The second-order valence-electron chi connectivity index (χ2n) is 5.62. The van der Waals surface area contributed by atoms with Crippen molar-refractivity contribution >= 4 is 6.47 Å². The molecule has 4 heteroatoms. The van der Waals surface area contributed by atoms with Crippen LogP contribution in [0, 0.1) is 5.92 Å². The second kappa shape index (κ2) is 4.94. The van der Waals surface area contributed by atoms with E-state index in [0.717, 1.165) is 12.8 Å². The van der Waals surface area contributed by atoms with E-state index >= 15 is 0 Å². The molecule has 0 aromatic heterocycles. The summed E-state index contributed by atoms with van der Waals surface area (Å²) in [5.41, 5.74) is -0.901. The van der Waals surface area contributed by atoms with Gasteiger partial charge in [-0.25, -0.2) is 0 Å². The third-order valence-electron chi connectivity index (χ3n) is 4.84. The molecule has 1 aliphatic heterocycles. The molecule has 0 saturated carbocycles. The van der Waals surface area contributed by atoms with Gasteiger partial charge in [-0.15, -0.1) is 10.3 Å². The van der Waals surface area contributed by atoms with Crippen LogP contribution in [0.25, 0.3) is 0 Å². The summed E-state index contributed by atoms with van der Waals surface area (Å²) in [5, 5.41) is 13.8. The molecule has 0 aromatic rings. The van der Waals surface area contributed by atoms with Crippen molar-refractivity contribution in [3.8, 4) is 0 Å². The van der Waals surface area contributed by atoms with E-state index < -0.39 is 11.1 Å². The van der Waals surface area contributed by atoms with Crippen LogP contribution in [0.1, 0.15) is 53.9 Å². The van der Waals surface area contributed by atoms with Gasteiger partial charge in [-0.05, 0) is 26.7 Å². The molecule has 4 unspecified atom stereocenters. The van der Waals surface area contributed by atoms with Crippen LogP contribution in [-0.2, 0) is 14.7 Å². The number of ether oxygens (including phenoxy) is 1. The molecule has 99 valence electrons. The standard InChI is InChI=1S/C13H24NO3/c1-6-12(4)8-11(17-9-15)10(3)13(5,7-2)14(12)16/h9-11H,6-8H2,1-5H3. The number of carbonyl (C=O) groups is 1. The molecule has 1 rings (SSSR count). The number of nitrogens with zero attached hydrogens (tertiary/aromatic N) is 1. The van der Waals surface area contributed by atoms with Crippen LogP contribution in [0.5, 0.6) is 0 Å². The summed E-state index contributed by atoms with van der Waals surface area (Å²) in [7, 11) is 0. The number of hydrogen-bond donors (Lipinski definition) is 0. The Bertz CT molecular complexity index is 284. The average molecular weight is 242 g/mol. The molecular formula is C13H24NO3. The van der Waals surface area contributed by atoms with E-state index in [2.05, 4.69) is 0 Å². The maximum Gasteiger partial charge on any atom is 0.293 e. The molecule has 1 aliphatic rings. The summed E-state index contributed by atoms with van der Waals surface area (Å²) in [6.07, 6.45) is 1.97. The van der Waals surface area contributed by atoms with Gasteiger partial charge in [0.05, 0.1) is 11.1 Å². The normalized spacial score (nSPS) is 43.4. The van der Waals surface area contributed by atoms with E-state index in [0.29, 0.717) is 12.9 Å². The van der Waals surface area contributed by atoms with Gasteiger partial charge in [-0.2, -0.15) is 0 Å². The molecule has 0 aliphatic carbocycles. The van der Waals surface area contributed by atoms with Gasteiger partial charge < -0.3 is 4.74 Å². The summed E-state index contributed by atoms with van der Waals surface area (Å²) < 4.78 is 5.19. The first-order valence-electron chi connectivity index (χ1n) is 6.42. The molecule has 0 aromatic carbocycles. The molecule has 1 fully saturated rings. The van der Waals surface area contributed by atoms with Gasteiger partial charge in [0.25, 0.3) is 6.47 Å². The fourth-order valence-corrected chi connectivity index (χ4v) is 2.89.